The summed E-state index contributed by atoms with van der Waals surface area (Å²) in [5, 5.41) is 3.99. The summed E-state index contributed by atoms with van der Waals surface area (Å²) in [4.78, 5) is 15.9. The Hall–Kier alpha value is -3.87. The highest BCUT2D eigenvalue weighted by Gasteiger charge is 2.07. The minimum atomic E-state index is -0.311. The van der Waals surface area contributed by atoms with E-state index in [-0.39, 0.29) is 5.91 Å². The number of rotatable bonds is 9. The number of benzene rings is 2. The summed E-state index contributed by atoms with van der Waals surface area (Å²) in [5.41, 5.74) is 5.91. The van der Waals surface area contributed by atoms with Gasteiger partial charge in [0.1, 0.15) is 19.0 Å². The molecule has 0 aliphatic carbocycles. The van der Waals surface area contributed by atoms with E-state index >= 15 is 0 Å². The Kier molecular flexibility index (Phi) is 7.59. The van der Waals surface area contributed by atoms with Gasteiger partial charge in [-0.05, 0) is 60.9 Å². The first-order chi connectivity index (χ1) is 15.1. The van der Waals surface area contributed by atoms with E-state index in [1.807, 2.05) is 38.1 Å². The highest BCUT2D eigenvalue weighted by molar-refractivity contribution is 5.94. The number of para-hydroxylation sites is 1. The average molecular weight is 419 g/mol. The van der Waals surface area contributed by atoms with E-state index < -0.39 is 0 Å². The maximum Gasteiger partial charge on any atom is 0.271 e. The van der Waals surface area contributed by atoms with Crippen molar-refractivity contribution in [3.8, 4) is 17.2 Å². The molecular formula is C24H25N3O4. The van der Waals surface area contributed by atoms with Crippen molar-refractivity contribution in [1.82, 2.24) is 10.4 Å². The van der Waals surface area contributed by atoms with Gasteiger partial charge in [0.05, 0.1) is 13.3 Å². The highest BCUT2D eigenvalue weighted by atomic mass is 16.5. The van der Waals surface area contributed by atoms with Crippen molar-refractivity contribution in [2.24, 2.45) is 5.10 Å². The summed E-state index contributed by atoms with van der Waals surface area (Å²) < 4.78 is 17.1. The number of nitrogens with zero attached hydrogens (tertiary/aromatic N) is 2. The van der Waals surface area contributed by atoms with E-state index in [4.69, 9.17) is 14.2 Å². The molecule has 0 aliphatic rings. The molecule has 3 aromatic rings. The third-order valence-corrected chi connectivity index (χ3v) is 4.51. The van der Waals surface area contributed by atoms with E-state index in [0.717, 1.165) is 22.4 Å². The maximum atomic E-state index is 12.0. The second kappa shape index (κ2) is 10.8. The lowest BCUT2D eigenvalue weighted by molar-refractivity contribution is 0.0955. The molecule has 7 nitrogen and oxygen atoms in total. The quantitative estimate of drug-likeness (QED) is 0.323. The maximum absolute atomic E-state index is 12.0. The average Bonchev–Trinajstić information content (AvgIpc) is 2.79. The summed E-state index contributed by atoms with van der Waals surface area (Å²) >= 11 is 0. The molecule has 31 heavy (non-hydrogen) atoms. The Morgan fingerprint density at radius 1 is 1.00 bits per heavy atom. The number of amides is 1. The monoisotopic (exact) mass is 419 g/mol. The largest absolute Gasteiger partial charge is 0.493 e. The van der Waals surface area contributed by atoms with E-state index in [9.17, 15) is 4.79 Å². The van der Waals surface area contributed by atoms with Gasteiger partial charge in [-0.25, -0.2) is 5.43 Å². The topological polar surface area (TPSA) is 82.0 Å². The molecule has 0 saturated carbocycles. The fraction of sp³-hybridized carbons (Fsp3) is 0.208. The van der Waals surface area contributed by atoms with Crippen LogP contribution in [0.2, 0.25) is 0 Å². The molecule has 0 aliphatic heterocycles. The molecule has 0 bridgehead atoms. The van der Waals surface area contributed by atoms with Gasteiger partial charge < -0.3 is 14.2 Å². The number of carbonyl (C=O) groups excluding carboxylic acids is 1. The standard InChI is InChI=1S/C24H25N3O4/c1-17-5-4-6-18(2)23(17)31-14-13-30-21-8-7-19(15-22(21)29-3)16-26-27-24(28)20-9-11-25-12-10-20/h4-12,15-16H,13-14H2,1-3H3,(H,27,28). The van der Waals surface area contributed by atoms with Crippen molar-refractivity contribution >= 4 is 12.1 Å². The summed E-state index contributed by atoms with van der Waals surface area (Å²) in [7, 11) is 1.57. The number of hydrazone groups is 1. The van der Waals surface area contributed by atoms with E-state index in [2.05, 4.69) is 15.5 Å². The van der Waals surface area contributed by atoms with Crippen LogP contribution in [-0.2, 0) is 0 Å². The molecular weight excluding hydrogens is 394 g/mol. The smallest absolute Gasteiger partial charge is 0.271 e. The predicted octanol–water partition coefficient (Wildman–Crippen LogP) is 3.93. The molecule has 0 fully saturated rings. The summed E-state index contributed by atoms with van der Waals surface area (Å²) in [6.07, 6.45) is 4.64. The number of hydrogen-bond acceptors (Lipinski definition) is 6. The van der Waals surface area contributed by atoms with Crippen molar-refractivity contribution < 1.29 is 19.0 Å². The van der Waals surface area contributed by atoms with Gasteiger partial charge in [0.15, 0.2) is 11.5 Å². The number of ether oxygens (including phenoxy) is 3. The van der Waals surface area contributed by atoms with Gasteiger partial charge in [0.2, 0.25) is 0 Å². The van der Waals surface area contributed by atoms with Gasteiger partial charge in [-0.2, -0.15) is 5.10 Å². The molecule has 160 valence electrons. The number of aromatic nitrogens is 1. The Bertz CT molecular complexity index is 1030. The van der Waals surface area contributed by atoms with Crippen molar-refractivity contribution in [3.05, 3.63) is 83.2 Å². The van der Waals surface area contributed by atoms with Crippen LogP contribution in [0, 0.1) is 13.8 Å². The zero-order valence-corrected chi connectivity index (χ0v) is 17.8. The molecule has 7 heteroatoms. The Morgan fingerprint density at radius 3 is 2.42 bits per heavy atom. The molecule has 3 rings (SSSR count). The number of carbonyl (C=O) groups is 1. The normalized spacial score (nSPS) is 10.7. The van der Waals surface area contributed by atoms with Crippen LogP contribution in [0.4, 0.5) is 0 Å². The molecule has 0 spiro atoms. The van der Waals surface area contributed by atoms with Gasteiger partial charge >= 0.3 is 0 Å². The molecule has 2 aromatic carbocycles. The molecule has 0 atom stereocenters. The van der Waals surface area contributed by atoms with Crippen LogP contribution < -0.4 is 19.6 Å². The van der Waals surface area contributed by atoms with Crippen molar-refractivity contribution in [2.75, 3.05) is 20.3 Å². The molecule has 1 amide bonds. The van der Waals surface area contributed by atoms with Gasteiger partial charge in [0.25, 0.3) is 5.91 Å². The van der Waals surface area contributed by atoms with Crippen LogP contribution in [0.3, 0.4) is 0 Å². The van der Waals surface area contributed by atoms with Crippen molar-refractivity contribution in [1.29, 1.82) is 0 Å². The lowest BCUT2D eigenvalue weighted by Gasteiger charge is -2.14. The fourth-order valence-corrected chi connectivity index (χ4v) is 2.94. The first kappa shape index (κ1) is 21.8. The lowest BCUT2D eigenvalue weighted by atomic mass is 10.1. The molecule has 0 saturated heterocycles. The highest BCUT2D eigenvalue weighted by Crippen LogP contribution is 2.28. The Morgan fingerprint density at radius 2 is 1.71 bits per heavy atom. The van der Waals surface area contributed by atoms with E-state index in [0.29, 0.717) is 30.3 Å². The third-order valence-electron chi connectivity index (χ3n) is 4.51. The van der Waals surface area contributed by atoms with Crippen molar-refractivity contribution in [2.45, 2.75) is 13.8 Å². The van der Waals surface area contributed by atoms with Gasteiger partial charge in [-0.3, -0.25) is 9.78 Å². The second-order valence-corrected chi connectivity index (χ2v) is 6.76. The third kappa shape index (κ3) is 6.05. The molecule has 1 aromatic heterocycles. The lowest BCUT2D eigenvalue weighted by Crippen LogP contribution is -2.17. The summed E-state index contributed by atoms with van der Waals surface area (Å²) in [5.74, 6) is 1.75. The first-order valence-corrected chi connectivity index (χ1v) is 9.82. The number of hydrogen-bond donors (Lipinski definition) is 1. The number of methoxy groups -OCH3 is 1. The zero-order valence-electron chi connectivity index (χ0n) is 17.8. The minimum Gasteiger partial charge on any atom is -0.493 e. The minimum absolute atomic E-state index is 0.311. The van der Waals surface area contributed by atoms with Crippen LogP contribution >= 0.6 is 0 Å². The van der Waals surface area contributed by atoms with Crippen LogP contribution in [0.1, 0.15) is 27.0 Å². The van der Waals surface area contributed by atoms with E-state index in [1.54, 1.807) is 43.8 Å². The van der Waals surface area contributed by atoms with Crippen LogP contribution in [0.25, 0.3) is 0 Å². The molecule has 1 N–H and O–H groups in total. The first-order valence-electron chi connectivity index (χ1n) is 9.82. The zero-order chi connectivity index (χ0) is 22.1. The van der Waals surface area contributed by atoms with Gasteiger partial charge in [-0.15, -0.1) is 0 Å². The second-order valence-electron chi connectivity index (χ2n) is 6.76. The molecule has 0 radical (unpaired) electrons. The Labute approximate surface area is 181 Å². The number of aryl methyl sites for hydroxylation is 2. The SMILES string of the molecule is COc1cc(C=NNC(=O)c2ccncc2)ccc1OCCOc1c(C)cccc1C. The van der Waals surface area contributed by atoms with Crippen molar-refractivity contribution in [3.63, 3.8) is 0 Å². The fourth-order valence-electron chi connectivity index (χ4n) is 2.94. The number of nitrogens with one attached hydrogen (secondary N) is 1. The summed E-state index contributed by atoms with van der Waals surface area (Å²) in [6.45, 7) is 4.83. The van der Waals surface area contributed by atoms with Crippen LogP contribution in [0.5, 0.6) is 17.2 Å². The number of pyridine rings is 1. The summed E-state index contributed by atoms with van der Waals surface area (Å²) in [6, 6.07) is 14.7. The van der Waals surface area contributed by atoms with Crippen LogP contribution in [0.15, 0.2) is 66.0 Å². The van der Waals surface area contributed by atoms with E-state index in [1.165, 1.54) is 6.21 Å². The molecule has 1 heterocycles. The predicted molar refractivity (Wildman–Crippen MR) is 119 cm³/mol. The van der Waals surface area contributed by atoms with Gasteiger partial charge in [0, 0.05) is 18.0 Å². The van der Waals surface area contributed by atoms with Gasteiger partial charge in [-0.1, -0.05) is 18.2 Å². The van der Waals surface area contributed by atoms with Crippen LogP contribution in [-0.4, -0.2) is 37.4 Å². The molecule has 0 unspecified atom stereocenters. The Balaban J connectivity index is 1.54.